The fraction of sp³-hybridized carbons (Fsp3) is 0.471. The molecule has 4 heteroatoms. The van der Waals surface area contributed by atoms with E-state index in [0.717, 1.165) is 30.8 Å². The van der Waals surface area contributed by atoms with E-state index in [-0.39, 0.29) is 0 Å². The zero-order chi connectivity index (χ0) is 14.5. The van der Waals surface area contributed by atoms with Crippen LogP contribution in [0.2, 0.25) is 0 Å². The summed E-state index contributed by atoms with van der Waals surface area (Å²) in [6, 6.07) is 4.34. The van der Waals surface area contributed by atoms with Crippen molar-refractivity contribution in [3.63, 3.8) is 0 Å². The topological polar surface area (TPSA) is 50.7 Å². The molecule has 21 heavy (non-hydrogen) atoms. The van der Waals surface area contributed by atoms with Crippen LogP contribution in [0.1, 0.15) is 49.9 Å². The molecule has 2 aromatic rings. The third-order valence-electron chi connectivity index (χ3n) is 4.01. The van der Waals surface area contributed by atoms with Crippen LogP contribution in [-0.2, 0) is 6.42 Å². The van der Waals surface area contributed by atoms with E-state index < -0.39 is 0 Å². The maximum absolute atomic E-state index is 4.82. The number of aromatic nitrogens is 3. The molecular weight excluding hydrogens is 260 g/mol. The van der Waals surface area contributed by atoms with Crippen LogP contribution in [0.15, 0.2) is 30.7 Å². The van der Waals surface area contributed by atoms with Gasteiger partial charge in [0.2, 0.25) is 0 Å². The Labute approximate surface area is 126 Å². The summed E-state index contributed by atoms with van der Waals surface area (Å²) in [5, 5.41) is 3.64. The second kappa shape index (κ2) is 6.76. The van der Waals surface area contributed by atoms with Crippen molar-refractivity contribution in [1.29, 1.82) is 0 Å². The average Bonchev–Trinajstić information content (AvgIpc) is 2.75. The molecule has 0 aliphatic heterocycles. The predicted octanol–water partition coefficient (Wildman–Crippen LogP) is 3.31. The Balaban J connectivity index is 1.92. The first-order chi connectivity index (χ1) is 10.4. The Kier molecular flexibility index (Phi) is 4.55. The van der Waals surface area contributed by atoms with Crippen LogP contribution in [0.3, 0.4) is 0 Å². The van der Waals surface area contributed by atoms with Crippen LogP contribution in [0, 0.1) is 0 Å². The van der Waals surface area contributed by atoms with Crippen LogP contribution >= 0.6 is 0 Å². The van der Waals surface area contributed by atoms with Gasteiger partial charge in [-0.15, -0.1) is 0 Å². The zero-order valence-electron chi connectivity index (χ0n) is 12.5. The lowest BCUT2D eigenvalue weighted by molar-refractivity contribution is 0.488. The number of nitrogens with zero attached hydrogens (tertiary/aromatic N) is 3. The van der Waals surface area contributed by atoms with E-state index in [1.807, 2.05) is 18.3 Å². The minimum absolute atomic E-state index is 0.411. The third kappa shape index (κ3) is 3.27. The number of nitrogens with one attached hydrogen (secondary N) is 1. The lowest BCUT2D eigenvalue weighted by Gasteiger charge is -2.18. The van der Waals surface area contributed by atoms with E-state index in [4.69, 9.17) is 4.98 Å². The summed E-state index contributed by atoms with van der Waals surface area (Å²) in [6.07, 6.45) is 11.5. The van der Waals surface area contributed by atoms with Gasteiger partial charge in [-0.2, -0.15) is 0 Å². The Bertz CT molecular complexity index is 583. The molecule has 1 aliphatic rings. The molecule has 3 rings (SSSR count). The second-order valence-electron chi connectivity index (χ2n) is 5.58. The van der Waals surface area contributed by atoms with E-state index in [0.29, 0.717) is 6.04 Å². The first-order valence-electron chi connectivity index (χ1n) is 7.88. The standard InChI is InChI=1S/C17H22N4/c1-2-9-19-15-5-3-4-6-16-14(15)12-20-17(21-16)13-7-10-18-11-8-13/h7-8,10-12,15,19H,2-6,9H2,1H3. The molecule has 1 N–H and O–H groups in total. The van der Waals surface area contributed by atoms with Gasteiger partial charge in [-0.25, -0.2) is 9.97 Å². The van der Waals surface area contributed by atoms with Crippen LogP contribution in [0.4, 0.5) is 0 Å². The lowest BCUT2D eigenvalue weighted by atomic mass is 10.0. The maximum atomic E-state index is 4.82. The quantitative estimate of drug-likeness (QED) is 0.874. The van der Waals surface area contributed by atoms with Crippen molar-refractivity contribution < 1.29 is 0 Å². The number of aryl methyl sites for hydroxylation is 1. The minimum Gasteiger partial charge on any atom is -0.310 e. The molecule has 110 valence electrons. The largest absolute Gasteiger partial charge is 0.310 e. The van der Waals surface area contributed by atoms with Gasteiger partial charge in [0.15, 0.2) is 5.82 Å². The van der Waals surface area contributed by atoms with E-state index in [2.05, 4.69) is 22.2 Å². The molecule has 2 heterocycles. The smallest absolute Gasteiger partial charge is 0.159 e. The van der Waals surface area contributed by atoms with Crippen LogP contribution in [0.5, 0.6) is 0 Å². The molecule has 1 unspecified atom stereocenters. The highest BCUT2D eigenvalue weighted by atomic mass is 14.9. The van der Waals surface area contributed by atoms with E-state index in [9.17, 15) is 0 Å². The molecule has 0 radical (unpaired) electrons. The number of hydrogen-bond donors (Lipinski definition) is 1. The molecule has 1 aliphatic carbocycles. The summed E-state index contributed by atoms with van der Waals surface area (Å²) in [5.74, 6) is 0.812. The highest BCUT2D eigenvalue weighted by molar-refractivity contribution is 5.54. The molecule has 2 aromatic heterocycles. The first kappa shape index (κ1) is 14.1. The van der Waals surface area contributed by atoms with Crippen molar-refractivity contribution in [3.8, 4) is 11.4 Å². The molecule has 0 aromatic carbocycles. The van der Waals surface area contributed by atoms with Gasteiger partial charge < -0.3 is 5.32 Å². The van der Waals surface area contributed by atoms with E-state index >= 15 is 0 Å². The fourth-order valence-corrected chi connectivity index (χ4v) is 2.88. The SMILES string of the molecule is CCCNC1CCCCc2nc(-c3ccncc3)ncc21. The minimum atomic E-state index is 0.411. The van der Waals surface area contributed by atoms with Gasteiger partial charge in [0, 0.05) is 41.5 Å². The first-order valence-corrected chi connectivity index (χ1v) is 7.88. The van der Waals surface area contributed by atoms with E-state index in [1.54, 1.807) is 12.4 Å². The number of rotatable bonds is 4. The highest BCUT2D eigenvalue weighted by Gasteiger charge is 2.20. The molecule has 0 spiro atoms. The molecule has 0 bridgehead atoms. The third-order valence-corrected chi connectivity index (χ3v) is 4.01. The molecule has 0 saturated heterocycles. The summed E-state index contributed by atoms with van der Waals surface area (Å²) in [7, 11) is 0. The zero-order valence-corrected chi connectivity index (χ0v) is 12.5. The summed E-state index contributed by atoms with van der Waals surface area (Å²) < 4.78 is 0. The second-order valence-corrected chi connectivity index (χ2v) is 5.58. The lowest BCUT2D eigenvalue weighted by Crippen LogP contribution is -2.23. The van der Waals surface area contributed by atoms with Crippen molar-refractivity contribution in [2.24, 2.45) is 0 Å². The van der Waals surface area contributed by atoms with Crippen molar-refractivity contribution in [1.82, 2.24) is 20.3 Å². The molecular formula is C17H22N4. The predicted molar refractivity (Wildman–Crippen MR) is 83.9 cm³/mol. The van der Waals surface area contributed by atoms with Gasteiger partial charge in [-0.3, -0.25) is 4.98 Å². The Morgan fingerprint density at radius 2 is 2.10 bits per heavy atom. The summed E-state index contributed by atoms with van der Waals surface area (Å²) in [6.45, 7) is 3.25. The van der Waals surface area contributed by atoms with E-state index in [1.165, 1.54) is 30.5 Å². The summed E-state index contributed by atoms with van der Waals surface area (Å²) in [5.41, 5.74) is 3.54. The average molecular weight is 282 g/mol. The van der Waals surface area contributed by atoms with Crippen molar-refractivity contribution in [3.05, 3.63) is 42.0 Å². The Hall–Kier alpha value is -1.81. The maximum Gasteiger partial charge on any atom is 0.159 e. The van der Waals surface area contributed by atoms with Crippen molar-refractivity contribution in [2.75, 3.05) is 6.54 Å². The van der Waals surface area contributed by atoms with Crippen LogP contribution in [-0.4, -0.2) is 21.5 Å². The summed E-state index contributed by atoms with van der Waals surface area (Å²) >= 11 is 0. The molecule has 0 saturated carbocycles. The van der Waals surface area contributed by atoms with Gasteiger partial charge in [-0.1, -0.05) is 13.3 Å². The van der Waals surface area contributed by atoms with Gasteiger partial charge in [0.05, 0.1) is 0 Å². The Morgan fingerprint density at radius 3 is 2.90 bits per heavy atom. The Morgan fingerprint density at radius 1 is 1.24 bits per heavy atom. The van der Waals surface area contributed by atoms with Crippen molar-refractivity contribution >= 4 is 0 Å². The van der Waals surface area contributed by atoms with Crippen LogP contribution in [0.25, 0.3) is 11.4 Å². The molecule has 1 atom stereocenters. The molecule has 0 amide bonds. The van der Waals surface area contributed by atoms with Gasteiger partial charge >= 0.3 is 0 Å². The number of hydrogen-bond acceptors (Lipinski definition) is 4. The molecule has 4 nitrogen and oxygen atoms in total. The van der Waals surface area contributed by atoms with Gasteiger partial charge in [-0.05, 0) is 44.4 Å². The highest BCUT2D eigenvalue weighted by Crippen LogP contribution is 2.28. The van der Waals surface area contributed by atoms with Crippen molar-refractivity contribution in [2.45, 2.75) is 45.1 Å². The number of pyridine rings is 1. The monoisotopic (exact) mass is 282 g/mol. The molecule has 0 fully saturated rings. The summed E-state index contributed by atoms with van der Waals surface area (Å²) in [4.78, 5) is 13.5. The van der Waals surface area contributed by atoms with Gasteiger partial charge in [0.1, 0.15) is 0 Å². The van der Waals surface area contributed by atoms with Gasteiger partial charge in [0.25, 0.3) is 0 Å². The number of fused-ring (bicyclic) bond motifs is 1. The normalized spacial score (nSPS) is 18.0. The fourth-order valence-electron chi connectivity index (χ4n) is 2.88. The van der Waals surface area contributed by atoms with Crippen LogP contribution < -0.4 is 5.32 Å².